The number of nitrogens with zero attached hydrogens (tertiary/aromatic N) is 4. The van der Waals surface area contributed by atoms with Crippen LogP contribution in [0.3, 0.4) is 0 Å². The van der Waals surface area contributed by atoms with E-state index in [1.165, 1.54) is 0 Å². The minimum absolute atomic E-state index is 0.0315. The van der Waals surface area contributed by atoms with Gasteiger partial charge in [-0.25, -0.2) is 15.0 Å². The first kappa shape index (κ1) is 23.3. The number of para-hydroxylation sites is 1. The first-order valence-corrected chi connectivity index (χ1v) is 13.4. The number of halogens is 3. The summed E-state index contributed by atoms with van der Waals surface area (Å²) in [5.41, 5.74) is 5.94. The lowest BCUT2D eigenvalue weighted by Gasteiger charge is -2.23. The summed E-state index contributed by atoms with van der Waals surface area (Å²) in [5, 5.41) is 8.71. The third kappa shape index (κ3) is 4.57. The Balaban J connectivity index is 1.52. The lowest BCUT2D eigenvalue weighted by molar-refractivity contribution is 0.689. The molecule has 0 amide bonds. The number of rotatable bonds is 4. The third-order valence-electron chi connectivity index (χ3n) is 6.26. The minimum atomic E-state index is -0.0315. The Bertz CT molecular complexity index is 1580. The summed E-state index contributed by atoms with van der Waals surface area (Å²) in [4.78, 5) is 10.0. The predicted molar refractivity (Wildman–Crippen MR) is 155 cm³/mol. The fourth-order valence-corrected chi connectivity index (χ4v) is 5.11. The van der Waals surface area contributed by atoms with Gasteiger partial charge in [0, 0.05) is 31.3 Å². The molecule has 4 nitrogen and oxygen atoms in total. The van der Waals surface area contributed by atoms with Crippen molar-refractivity contribution in [2.45, 2.75) is 12.5 Å². The van der Waals surface area contributed by atoms with Crippen LogP contribution in [0.2, 0.25) is 5.02 Å². The summed E-state index contributed by atoms with van der Waals surface area (Å²) in [6.45, 7) is 0. The van der Waals surface area contributed by atoms with Crippen molar-refractivity contribution in [2.75, 3.05) is 5.01 Å². The van der Waals surface area contributed by atoms with Crippen LogP contribution in [0.5, 0.6) is 0 Å². The number of hydrazone groups is 1. The molecule has 1 aromatic heterocycles. The number of anilines is 1. The molecule has 7 heteroatoms. The first-order valence-electron chi connectivity index (χ1n) is 11.5. The zero-order valence-electron chi connectivity index (χ0n) is 18.9. The summed E-state index contributed by atoms with van der Waals surface area (Å²) < 4.78 is 2.08. The topological polar surface area (TPSA) is 41.4 Å². The summed E-state index contributed by atoms with van der Waals surface area (Å²) in [7, 11) is 0. The van der Waals surface area contributed by atoms with Gasteiger partial charge >= 0.3 is 0 Å². The zero-order valence-corrected chi connectivity index (χ0v) is 22.9. The summed E-state index contributed by atoms with van der Waals surface area (Å²) in [6.07, 6.45) is 0.746. The molecule has 1 aliphatic rings. The predicted octanol–water partition coefficient (Wildman–Crippen LogP) is 8.83. The van der Waals surface area contributed by atoms with Crippen LogP contribution in [-0.2, 0) is 0 Å². The average Bonchev–Trinajstić information content (AvgIpc) is 3.35. The highest BCUT2D eigenvalue weighted by molar-refractivity contribution is 9.10. The second-order valence-electron chi connectivity index (χ2n) is 8.57. The molecule has 36 heavy (non-hydrogen) atoms. The smallest absolute Gasteiger partial charge is 0.223 e. The van der Waals surface area contributed by atoms with Crippen LogP contribution in [0, 0.1) is 0 Å². The van der Waals surface area contributed by atoms with E-state index in [1.807, 2.05) is 59.6 Å². The number of hydrogen-bond donors (Lipinski definition) is 0. The zero-order chi connectivity index (χ0) is 24.6. The SMILES string of the molecule is Clc1ccc(-c2nc(N3N=C(c4ccc(Br)cc4)C[C@H]3c3ccc(Br)cc3)nc3ccccc23)cc1. The Morgan fingerprint density at radius 3 is 2.08 bits per heavy atom. The molecule has 0 bridgehead atoms. The molecule has 0 unspecified atom stereocenters. The highest BCUT2D eigenvalue weighted by Crippen LogP contribution is 2.38. The van der Waals surface area contributed by atoms with Gasteiger partial charge in [-0.2, -0.15) is 5.10 Å². The summed E-state index contributed by atoms with van der Waals surface area (Å²) >= 11 is 13.3. The van der Waals surface area contributed by atoms with Crippen LogP contribution in [0.15, 0.2) is 111 Å². The van der Waals surface area contributed by atoms with E-state index >= 15 is 0 Å². The molecule has 1 aliphatic heterocycles. The molecular weight excluding hydrogens is 600 g/mol. The minimum Gasteiger partial charge on any atom is -0.223 e. The number of hydrogen-bond acceptors (Lipinski definition) is 4. The Morgan fingerprint density at radius 1 is 0.722 bits per heavy atom. The summed E-state index contributed by atoms with van der Waals surface area (Å²) in [6, 6.07) is 32.4. The summed E-state index contributed by atoms with van der Waals surface area (Å²) in [5.74, 6) is 0.568. The van der Waals surface area contributed by atoms with E-state index in [4.69, 9.17) is 26.7 Å². The van der Waals surface area contributed by atoms with Crippen LogP contribution in [-0.4, -0.2) is 15.7 Å². The highest BCUT2D eigenvalue weighted by atomic mass is 79.9. The number of aromatic nitrogens is 2. The van der Waals surface area contributed by atoms with Crippen LogP contribution in [0.4, 0.5) is 5.95 Å². The Labute approximate surface area is 230 Å². The Morgan fingerprint density at radius 2 is 1.36 bits per heavy atom. The maximum absolute atomic E-state index is 6.17. The molecule has 4 aromatic carbocycles. The molecule has 0 N–H and O–H groups in total. The number of benzene rings is 4. The molecule has 1 atom stereocenters. The lowest BCUT2D eigenvalue weighted by atomic mass is 9.98. The van der Waals surface area contributed by atoms with E-state index in [2.05, 4.69) is 74.3 Å². The van der Waals surface area contributed by atoms with E-state index in [1.54, 1.807) is 0 Å². The van der Waals surface area contributed by atoms with E-state index in [-0.39, 0.29) is 6.04 Å². The van der Waals surface area contributed by atoms with Gasteiger partial charge in [-0.1, -0.05) is 98.1 Å². The molecule has 5 aromatic rings. The third-order valence-corrected chi connectivity index (χ3v) is 7.57. The van der Waals surface area contributed by atoms with Crippen molar-refractivity contribution in [3.8, 4) is 11.3 Å². The quantitative estimate of drug-likeness (QED) is 0.202. The van der Waals surface area contributed by atoms with Gasteiger partial charge in [0.05, 0.1) is 23.0 Å². The van der Waals surface area contributed by atoms with Crippen molar-refractivity contribution in [3.63, 3.8) is 0 Å². The molecule has 0 radical (unpaired) electrons. The molecule has 0 aliphatic carbocycles. The molecule has 0 spiro atoms. The van der Waals surface area contributed by atoms with Crippen molar-refractivity contribution >= 4 is 66.0 Å². The normalized spacial score (nSPS) is 15.4. The molecule has 0 saturated carbocycles. The van der Waals surface area contributed by atoms with E-state index < -0.39 is 0 Å². The van der Waals surface area contributed by atoms with Crippen molar-refractivity contribution in [2.24, 2.45) is 5.10 Å². The lowest BCUT2D eigenvalue weighted by Crippen LogP contribution is -2.21. The van der Waals surface area contributed by atoms with E-state index in [0.717, 1.165) is 54.4 Å². The molecule has 0 saturated heterocycles. The molecule has 2 heterocycles. The van der Waals surface area contributed by atoms with Crippen LogP contribution >= 0.6 is 43.5 Å². The van der Waals surface area contributed by atoms with Gasteiger partial charge in [-0.3, -0.25) is 0 Å². The van der Waals surface area contributed by atoms with Crippen molar-refractivity contribution in [1.82, 2.24) is 9.97 Å². The maximum Gasteiger partial charge on any atom is 0.247 e. The van der Waals surface area contributed by atoms with Crippen molar-refractivity contribution in [3.05, 3.63) is 122 Å². The van der Waals surface area contributed by atoms with Gasteiger partial charge in [-0.15, -0.1) is 0 Å². The molecule has 0 fully saturated rings. The van der Waals surface area contributed by atoms with Gasteiger partial charge in [0.15, 0.2) is 0 Å². The largest absolute Gasteiger partial charge is 0.247 e. The Kier molecular flexibility index (Phi) is 6.34. The van der Waals surface area contributed by atoms with Gasteiger partial charge in [0.2, 0.25) is 5.95 Å². The fraction of sp³-hybridized carbons (Fsp3) is 0.0690. The number of fused-ring (bicyclic) bond motifs is 1. The van der Waals surface area contributed by atoms with Crippen LogP contribution in [0.1, 0.15) is 23.6 Å². The molecular formula is C29H19Br2ClN4. The van der Waals surface area contributed by atoms with Gasteiger partial charge < -0.3 is 0 Å². The molecule has 176 valence electrons. The van der Waals surface area contributed by atoms with Gasteiger partial charge in [-0.05, 0) is 53.6 Å². The second kappa shape index (κ2) is 9.77. The van der Waals surface area contributed by atoms with Crippen LogP contribution < -0.4 is 5.01 Å². The Hall–Kier alpha value is -3.06. The first-order chi connectivity index (χ1) is 17.5. The average molecular weight is 619 g/mol. The fourth-order valence-electron chi connectivity index (χ4n) is 4.45. The van der Waals surface area contributed by atoms with Crippen molar-refractivity contribution < 1.29 is 0 Å². The van der Waals surface area contributed by atoms with Crippen LogP contribution in [0.25, 0.3) is 22.2 Å². The standard InChI is InChI=1S/C29H19Br2ClN4/c30-21-11-5-18(6-12-21)26-17-27(19-7-13-22(31)14-8-19)36(35-26)29-33-25-4-2-1-3-24(25)28(34-29)20-9-15-23(32)16-10-20/h1-16,27H,17H2/t27-/m0/s1. The highest BCUT2D eigenvalue weighted by Gasteiger charge is 2.32. The van der Waals surface area contributed by atoms with E-state index in [0.29, 0.717) is 11.0 Å². The van der Waals surface area contributed by atoms with Crippen molar-refractivity contribution in [1.29, 1.82) is 0 Å². The van der Waals surface area contributed by atoms with Gasteiger partial charge in [0.1, 0.15) is 0 Å². The second-order valence-corrected chi connectivity index (χ2v) is 10.8. The maximum atomic E-state index is 6.17. The monoisotopic (exact) mass is 616 g/mol. The van der Waals surface area contributed by atoms with E-state index in [9.17, 15) is 0 Å². The molecule has 6 rings (SSSR count). The van der Waals surface area contributed by atoms with Gasteiger partial charge in [0.25, 0.3) is 0 Å².